The summed E-state index contributed by atoms with van der Waals surface area (Å²) in [5, 5.41) is 7.15. The maximum atomic E-state index is 6.88. The summed E-state index contributed by atoms with van der Waals surface area (Å²) in [6.07, 6.45) is 0. The van der Waals surface area contributed by atoms with Crippen LogP contribution in [0.1, 0.15) is 0 Å². The topological polar surface area (TPSA) is 23.0 Å². The second-order valence-electron chi connectivity index (χ2n) is 14.9. The molecule has 0 aliphatic rings. The molecule has 57 heavy (non-hydrogen) atoms. The summed E-state index contributed by atoms with van der Waals surface area (Å²) in [6, 6.07) is 74.3. The quantitative estimate of drug-likeness (QED) is 0.173. The third-order valence-corrected chi connectivity index (χ3v) is 11.7. The second-order valence-corrected chi connectivity index (χ2v) is 14.9. The van der Waals surface area contributed by atoms with Crippen LogP contribution in [0.2, 0.25) is 0 Å². The van der Waals surface area contributed by atoms with Crippen LogP contribution < -0.4 is 0 Å². The van der Waals surface area contributed by atoms with Gasteiger partial charge in [-0.15, -0.1) is 0 Å². The third-order valence-electron chi connectivity index (χ3n) is 11.7. The van der Waals surface area contributed by atoms with Crippen LogP contribution in [-0.2, 0) is 0 Å². The van der Waals surface area contributed by atoms with Crippen LogP contribution in [0.25, 0.3) is 110 Å². The molecule has 3 aromatic heterocycles. The van der Waals surface area contributed by atoms with Gasteiger partial charge >= 0.3 is 0 Å². The first-order valence-electron chi connectivity index (χ1n) is 19.5. The SMILES string of the molecule is c1ccc(-c2cccc(-c3ccc(-n4c5ccccc5c5cc(-c6cccc7c6c6ccccc6n7-c6ccccc6)ccc54)c4oc5ccccc5c34)c2)cc1. The number of para-hydroxylation sites is 4. The first kappa shape index (κ1) is 31.7. The lowest BCUT2D eigenvalue weighted by Gasteiger charge is -2.13. The largest absolute Gasteiger partial charge is 0.454 e. The predicted octanol–water partition coefficient (Wildman–Crippen LogP) is 14.8. The molecule has 9 aromatic carbocycles. The van der Waals surface area contributed by atoms with E-state index < -0.39 is 0 Å². The fourth-order valence-electron chi connectivity index (χ4n) is 9.24. The van der Waals surface area contributed by atoms with Gasteiger partial charge in [0.2, 0.25) is 0 Å². The third kappa shape index (κ3) is 4.79. The maximum Gasteiger partial charge on any atom is 0.160 e. The minimum absolute atomic E-state index is 0.879. The molecule has 0 radical (unpaired) electrons. The Balaban J connectivity index is 1.09. The van der Waals surface area contributed by atoms with Gasteiger partial charge in [-0.3, -0.25) is 0 Å². The van der Waals surface area contributed by atoms with E-state index in [9.17, 15) is 0 Å². The van der Waals surface area contributed by atoms with E-state index in [4.69, 9.17) is 4.42 Å². The highest BCUT2D eigenvalue weighted by molar-refractivity contribution is 6.19. The van der Waals surface area contributed by atoms with E-state index >= 15 is 0 Å². The molecule has 12 rings (SSSR count). The zero-order chi connectivity index (χ0) is 37.5. The average Bonchev–Trinajstić information content (AvgIpc) is 3.95. The van der Waals surface area contributed by atoms with Crippen molar-refractivity contribution in [2.75, 3.05) is 0 Å². The Morgan fingerprint density at radius 3 is 1.75 bits per heavy atom. The fraction of sp³-hybridized carbons (Fsp3) is 0. The van der Waals surface area contributed by atoms with Crippen molar-refractivity contribution in [2.24, 2.45) is 0 Å². The number of nitrogens with zero attached hydrogens (tertiary/aromatic N) is 2. The monoisotopic (exact) mass is 726 g/mol. The molecule has 3 heteroatoms. The zero-order valence-corrected chi connectivity index (χ0v) is 30.9. The van der Waals surface area contributed by atoms with Gasteiger partial charge in [-0.1, -0.05) is 146 Å². The highest BCUT2D eigenvalue weighted by Gasteiger charge is 2.22. The fourth-order valence-corrected chi connectivity index (χ4v) is 9.24. The Labute approximate surface area is 328 Å². The summed E-state index contributed by atoms with van der Waals surface area (Å²) >= 11 is 0. The summed E-state index contributed by atoms with van der Waals surface area (Å²) < 4.78 is 11.7. The zero-order valence-electron chi connectivity index (χ0n) is 30.9. The van der Waals surface area contributed by atoms with Crippen LogP contribution >= 0.6 is 0 Å². The van der Waals surface area contributed by atoms with Crippen LogP contribution in [0, 0.1) is 0 Å². The summed E-state index contributed by atoms with van der Waals surface area (Å²) in [7, 11) is 0. The van der Waals surface area contributed by atoms with E-state index in [1.807, 2.05) is 0 Å². The Morgan fingerprint density at radius 2 is 0.912 bits per heavy atom. The van der Waals surface area contributed by atoms with Crippen molar-refractivity contribution in [3.05, 3.63) is 206 Å². The molecule has 0 spiro atoms. The smallest absolute Gasteiger partial charge is 0.160 e. The molecule has 266 valence electrons. The Morgan fingerprint density at radius 1 is 0.316 bits per heavy atom. The molecular weight excluding hydrogens is 693 g/mol. The highest BCUT2D eigenvalue weighted by Crippen LogP contribution is 2.45. The van der Waals surface area contributed by atoms with Crippen molar-refractivity contribution in [3.63, 3.8) is 0 Å². The lowest BCUT2D eigenvalue weighted by Crippen LogP contribution is -1.95. The molecule has 12 aromatic rings. The normalized spacial score (nSPS) is 11.9. The first-order chi connectivity index (χ1) is 28.3. The van der Waals surface area contributed by atoms with E-state index in [1.165, 1.54) is 54.8 Å². The standard InChI is InChI=1S/C54H34N2O/c1-3-15-35(16-4-1)36-17-13-18-37(33-36)41-30-32-50(54-53(41)44-23-9-12-28-51(44)57-54)56-46-25-10-7-21-42(46)45-34-38(29-31-48(45)56)40-24-14-27-49-52(40)43-22-8-11-26-47(43)55(49)39-19-5-2-6-20-39/h1-34H. The molecule has 0 saturated heterocycles. The number of rotatable bonds is 5. The average molecular weight is 727 g/mol. The molecule has 0 fully saturated rings. The lowest BCUT2D eigenvalue weighted by atomic mass is 9.95. The van der Waals surface area contributed by atoms with Gasteiger partial charge in [-0.25, -0.2) is 0 Å². The molecule has 0 aliphatic heterocycles. The van der Waals surface area contributed by atoms with Gasteiger partial charge in [0.15, 0.2) is 5.58 Å². The lowest BCUT2D eigenvalue weighted by molar-refractivity contribution is 0.666. The van der Waals surface area contributed by atoms with Gasteiger partial charge in [-0.05, 0) is 94.0 Å². The van der Waals surface area contributed by atoms with Crippen LogP contribution in [0.3, 0.4) is 0 Å². The highest BCUT2D eigenvalue weighted by atomic mass is 16.3. The van der Waals surface area contributed by atoms with E-state index in [0.29, 0.717) is 0 Å². The van der Waals surface area contributed by atoms with E-state index in [1.54, 1.807) is 0 Å². The molecule has 3 nitrogen and oxygen atoms in total. The Bertz CT molecular complexity index is 3510. The van der Waals surface area contributed by atoms with Crippen molar-refractivity contribution in [2.45, 2.75) is 0 Å². The number of furan rings is 1. The van der Waals surface area contributed by atoms with Crippen LogP contribution in [0.5, 0.6) is 0 Å². The minimum Gasteiger partial charge on any atom is -0.454 e. The van der Waals surface area contributed by atoms with Gasteiger partial charge in [0.25, 0.3) is 0 Å². The summed E-state index contributed by atoms with van der Waals surface area (Å²) in [5.41, 5.74) is 15.7. The molecule has 0 aliphatic carbocycles. The number of aromatic nitrogens is 2. The predicted molar refractivity (Wildman–Crippen MR) is 239 cm³/mol. The minimum atomic E-state index is 0.879. The van der Waals surface area contributed by atoms with E-state index in [-0.39, 0.29) is 0 Å². The summed E-state index contributed by atoms with van der Waals surface area (Å²) in [4.78, 5) is 0. The molecule has 0 N–H and O–H groups in total. The molecule has 0 atom stereocenters. The molecule has 0 bridgehead atoms. The molecule has 0 amide bonds. The van der Waals surface area contributed by atoms with Crippen molar-refractivity contribution in [1.82, 2.24) is 9.13 Å². The van der Waals surface area contributed by atoms with Crippen LogP contribution in [-0.4, -0.2) is 9.13 Å². The van der Waals surface area contributed by atoms with Crippen molar-refractivity contribution in [1.29, 1.82) is 0 Å². The van der Waals surface area contributed by atoms with Gasteiger partial charge in [0, 0.05) is 38.0 Å². The van der Waals surface area contributed by atoms with Crippen LogP contribution in [0.4, 0.5) is 0 Å². The van der Waals surface area contributed by atoms with Gasteiger partial charge in [-0.2, -0.15) is 0 Å². The van der Waals surface area contributed by atoms with E-state index in [2.05, 4.69) is 215 Å². The Kier molecular flexibility index (Phi) is 6.93. The summed E-state index contributed by atoms with van der Waals surface area (Å²) in [5.74, 6) is 0. The molecule has 0 unspecified atom stereocenters. The van der Waals surface area contributed by atoms with Crippen molar-refractivity contribution < 1.29 is 4.42 Å². The first-order valence-corrected chi connectivity index (χ1v) is 19.5. The Hall–Kier alpha value is -7.62. The van der Waals surface area contributed by atoms with Gasteiger partial charge in [0.05, 0.1) is 27.8 Å². The van der Waals surface area contributed by atoms with Gasteiger partial charge < -0.3 is 13.6 Å². The number of benzene rings is 9. The van der Waals surface area contributed by atoms with Gasteiger partial charge in [0.1, 0.15) is 5.58 Å². The summed E-state index contributed by atoms with van der Waals surface area (Å²) in [6.45, 7) is 0. The number of hydrogen-bond acceptors (Lipinski definition) is 1. The van der Waals surface area contributed by atoms with E-state index in [0.717, 1.165) is 55.5 Å². The number of fused-ring (bicyclic) bond motifs is 9. The number of hydrogen-bond donors (Lipinski definition) is 0. The second kappa shape index (κ2) is 12.5. The van der Waals surface area contributed by atoms with Crippen molar-refractivity contribution >= 4 is 65.6 Å². The molecular formula is C54H34N2O. The maximum absolute atomic E-state index is 6.88. The van der Waals surface area contributed by atoms with Crippen LogP contribution in [0.15, 0.2) is 211 Å². The molecule has 3 heterocycles. The van der Waals surface area contributed by atoms with Crippen molar-refractivity contribution in [3.8, 4) is 44.8 Å². The molecule has 0 saturated carbocycles.